The van der Waals surface area contributed by atoms with Crippen molar-refractivity contribution in [3.05, 3.63) is 75.7 Å². The standard InChI is InChI=1S/C22H24N2O2S2/c1-16-5-3-6-20(13-16)26-12-4-11-23-22(25)18-7-9-21(10-8-18)28-15-19-14-27-17(2)24-19/h3,5-10,13-14H,4,11-12,15H2,1-2H3,(H,23,25). The highest BCUT2D eigenvalue weighted by Gasteiger charge is 2.06. The van der Waals surface area contributed by atoms with Crippen LogP contribution in [0, 0.1) is 13.8 Å². The van der Waals surface area contributed by atoms with Crippen LogP contribution in [0.1, 0.15) is 33.0 Å². The van der Waals surface area contributed by atoms with Crippen molar-refractivity contribution < 1.29 is 9.53 Å². The summed E-state index contributed by atoms with van der Waals surface area (Å²) in [5, 5.41) is 6.12. The Balaban J connectivity index is 1.37. The molecular formula is C22H24N2O2S2. The number of amides is 1. The molecule has 0 aliphatic heterocycles. The van der Waals surface area contributed by atoms with Crippen LogP contribution in [0.3, 0.4) is 0 Å². The zero-order valence-corrected chi connectivity index (χ0v) is 17.7. The minimum absolute atomic E-state index is 0.0535. The van der Waals surface area contributed by atoms with E-state index in [4.69, 9.17) is 4.74 Å². The summed E-state index contributed by atoms with van der Waals surface area (Å²) in [5.41, 5.74) is 2.95. The minimum atomic E-state index is -0.0535. The van der Waals surface area contributed by atoms with E-state index in [2.05, 4.69) is 15.7 Å². The predicted octanol–water partition coefficient (Wildman–Crippen LogP) is 5.25. The second kappa shape index (κ2) is 10.3. The number of carbonyl (C=O) groups excluding carboxylic acids is 1. The molecule has 0 radical (unpaired) electrons. The molecular weight excluding hydrogens is 388 g/mol. The molecule has 0 saturated carbocycles. The average Bonchev–Trinajstić information content (AvgIpc) is 3.12. The van der Waals surface area contributed by atoms with Crippen LogP contribution in [0.2, 0.25) is 0 Å². The van der Waals surface area contributed by atoms with Gasteiger partial charge in [0.1, 0.15) is 5.75 Å². The molecule has 0 bridgehead atoms. The number of nitrogens with zero attached hydrogens (tertiary/aromatic N) is 1. The summed E-state index contributed by atoms with van der Waals surface area (Å²) in [5.74, 6) is 1.66. The van der Waals surface area contributed by atoms with E-state index in [1.807, 2.05) is 62.4 Å². The van der Waals surface area contributed by atoms with Gasteiger partial charge in [-0.25, -0.2) is 4.98 Å². The van der Waals surface area contributed by atoms with Crippen LogP contribution in [-0.4, -0.2) is 24.0 Å². The average molecular weight is 413 g/mol. The van der Waals surface area contributed by atoms with Crippen molar-refractivity contribution in [3.8, 4) is 5.75 Å². The molecule has 0 spiro atoms. The van der Waals surface area contributed by atoms with Gasteiger partial charge in [0.15, 0.2) is 0 Å². The third-order valence-electron chi connectivity index (χ3n) is 4.03. The van der Waals surface area contributed by atoms with Crippen LogP contribution < -0.4 is 10.1 Å². The SMILES string of the molecule is Cc1cccc(OCCCNC(=O)c2ccc(SCc3csc(C)n3)cc2)c1. The zero-order chi connectivity index (χ0) is 19.8. The van der Waals surface area contributed by atoms with Gasteiger partial charge in [-0.3, -0.25) is 4.79 Å². The monoisotopic (exact) mass is 412 g/mol. The summed E-state index contributed by atoms with van der Waals surface area (Å²) in [4.78, 5) is 17.8. The fraction of sp³-hybridized carbons (Fsp3) is 0.273. The van der Waals surface area contributed by atoms with Crippen LogP contribution in [-0.2, 0) is 5.75 Å². The molecule has 0 saturated heterocycles. The van der Waals surface area contributed by atoms with Crippen molar-refractivity contribution in [2.45, 2.75) is 30.9 Å². The van der Waals surface area contributed by atoms with Gasteiger partial charge >= 0.3 is 0 Å². The molecule has 6 heteroatoms. The van der Waals surface area contributed by atoms with E-state index in [1.165, 1.54) is 5.56 Å². The Bertz CT molecular complexity index is 907. The Morgan fingerprint density at radius 1 is 1.18 bits per heavy atom. The molecule has 28 heavy (non-hydrogen) atoms. The summed E-state index contributed by atoms with van der Waals surface area (Å²) in [7, 11) is 0. The van der Waals surface area contributed by atoms with Crippen LogP contribution in [0.5, 0.6) is 5.75 Å². The number of rotatable bonds is 9. The lowest BCUT2D eigenvalue weighted by molar-refractivity contribution is 0.0951. The second-order valence-electron chi connectivity index (χ2n) is 6.45. The largest absolute Gasteiger partial charge is 0.494 e. The lowest BCUT2D eigenvalue weighted by atomic mass is 10.2. The molecule has 3 rings (SSSR count). The minimum Gasteiger partial charge on any atom is -0.494 e. The summed E-state index contributed by atoms with van der Waals surface area (Å²) in [6.07, 6.45) is 0.765. The molecule has 3 aromatic rings. The number of ether oxygens (including phenoxy) is 1. The maximum Gasteiger partial charge on any atom is 0.251 e. The topological polar surface area (TPSA) is 51.2 Å². The molecule has 1 amide bonds. The number of aromatic nitrogens is 1. The summed E-state index contributed by atoms with van der Waals surface area (Å²) >= 11 is 3.40. The molecule has 1 heterocycles. The molecule has 0 aliphatic rings. The molecule has 2 aromatic carbocycles. The van der Waals surface area contributed by atoms with Crippen molar-refractivity contribution in [1.29, 1.82) is 0 Å². The maximum absolute atomic E-state index is 12.2. The number of nitrogens with one attached hydrogen (secondary N) is 1. The van der Waals surface area contributed by atoms with E-state index in [1.54, 1.807) is 23.1 Å². The van der Waals surface area contributed by atoms with Gasteiger partial charge in [-0.05, 0) is 62.2 Å². The number of aryl methyl sites for hydroxylation is 2. The first kappa shape index (κ1) is 20.4. The Kier molecular flexibility index (Phi) is 7.51. The van der Waals surface area contributed by atoms with Crippen molar-refractivity contribution in [1.82, 2.24) is 10.3 Å². The van der Waals surface area contributed by atoms with E-state index < -0.39 is 0 Å². The molecule has 4 nitrogen and oxygen atoms in total. The fourth-order valence-electron chi connectivity index (χ4n) is 2.61. The Labute approximate surface area is 174 Å². The molecule has 146 valence electrons. The van der Waals surface area contributed by atoms with Crippen LogP contribution in [0.25, 0.3) is 0 Å². The van der Waals surface area contributed by atoms with Crippen molar-refractivity contribution in [2.24, 2.45) is 0 Å². The highest BCUT2D eigenvalue weighted by molar-refractivity contribution is 7.98. The van der Waals surface area contributed by atoms with Gasteiger partial charge in [0.25, 0.3) is 5.91 Å². The molecule has 1 N–H and O–H groups in total. The molecule has 1 aromatic heterocycles. The van der Waals surface area contributed by atoms with Gasteiger partial charge in [-0.15, -0.1) is 23.1 Å². The Morgan fingerprint density at radius 2 is 2.00 bits per heavy atom. The number of benzene rings is 2. The Morgan fingerprint density at radius 3 is 2.71 bits per heavy atom. The fourth-order valence-corrected chi connectivity index (χ4v) is 4.11. The summed E-state index contributed by atoms with van der Waals surface area (Å²) < 4.78 is 5.70. The van der Waals surface area contributed by atoms with Crippen LogP contribution in [0.4, 0.5) is 0 Å². The van der Waals surface area contributed by atoms with Gasteiger partial charge in [0, 0.05) is 28.1 Å². The molecule has 0 unspecified atom stereocenters. The van der Waals surface area contributed by atoms with Gasteiger partial charge in [0.2, 0.25) is 0 Å². The number of hydrogen-bond donors (Lipinski definition) is 1. The number of hydrogen-bond acceptors (Lipinski definition) is 5. The predicted molar refractivity (Wildman–Crippen MR) is 116 cm³/mol. The van der Waals surface area contributed by atoms with Gasteiger partial charge in [-0.1, -0.05) is 12.1 Å². The number of thioether (sulfide) groups is 1. The smallest absolute Gasteiger partial charge is 0.251 e. The van der Waals surface area contributed by atoms with Crippen molar-refractivity contribution in [3.63, 3.8) is 0 Å². The van der Waals surface area contributed by atoms with E-state index >= 15 is 0 Å². The third-order valence-corrected chi connectivity index (χ3v) is 5.90. The first-order valence-electron chi connectivity index (χ1n) is 9.22. The summed E-state index contributed by atoms with van der Waals surface area (Å²) in [6.45, 7) is 5.22. The molecule has 0 fully saturated rings. The van der Waals surface area contributed by atoms with Crippen LogP contribution >= 0.6 is 23.1 Å². The maximum atomic E-state index is 12.2. The van der Waals surface area contributed by atoms with Gasteiger partial charge in [-0.2, -0.15) is 0 Å². The Hall–Kier alpha value is -2.31. The lowest BCUT2D eigenvalue weighted by Gasteiger charge is -2.08. The molecule has 0 aliphatic carbocycles. The van der Waals surface area contributed by atoms with Crippen molar-refractivity contribution >= 4 is 29.0 Å². The highest BCUT2D eigenvalue weighted by atomic mass is 32.2. The van der Waals surface area contributed by atoms with E-state index in [0.29, 0.717) is 18.7 Å². The van der Waals surface area contributed by atoms with Gasteiger partial charge in [0.05, 0.1) is 17.3 Å². The number of carbonyl (C=O) groups is 1. The van der Waals surface area contributed by atoms with E-state index in [0.717, 1.165) is 33.5 Å². The quantitative estimate of drug-likeness (QED) is 0.385. The van der Waals surface area contributed by atoms with Crippen molar-refractivity contribution in [2.75, 3.05) is 13.2 Å². The zero-order valence-electron chi connectivity index (χ0n) is 16.1. The first-order chi connectivity index (χ1) is 13.6. The van der Waals surface area contributed by atoms with E-state index in [9.17, 15) is 4.79 Å². The normalized spacial score (nSPS) is 10.6. The third kappa shape index (κ3) is 6.39. The highest BCUT2D eigenvalue weighted by Crippen LogP contribution is 2.23. The summed E-state index contributed by atoms with van der Waals surface area (Å²) in [6, 6.07) is 15.7. The second-order valence-corrected chi connectivity index (χ2v) is 8.56. The van der Waals surface area contributed by atoms with Gasteiger partial charge < -0.3 is 10.1 Å². The van der Waals surface area contributed by atoms with Crippen LogP contribution in [0.15, 0.2) is 58.8 Å². The number of thiazole rings is 1. The van der Waals surface area contributed by atoms with E-state index in [-0.39, 0.29) is 5.91 Å². The lowest BCUT2D eigenvalue weighted by Crippen LogP contribution is -2.25. The first-order valence-corrected chi connectivity index (χ1v) is 11.1. The molecule has 0 atom stereocenters.